The van der Waals surface area contributed by atoms with E-state index in [1.54, 1.807) is 31.1 Å². The number of halogens is 3. The van der Waals surface area contributed by atoms with Gasteiger partial charge in [0, 0.05) is 38.5 Å². The van der Waals surface area contributed by atoms with Crippen LogP contribution in [0.5, 0.6) is 11.5 Å². The quantitative estimate of drug-likeness (QED) is 0.548. The number of fused-ring (bicyclic) bond motifs is 1. The number of hydrogen-bond donors (Lipinski definition) is 1. The molecule has 2 heterocycles. The number of hydrogen-bond acceptors (Lipinski definition) is 7. The fourth-order valence-corrected chi connectivity index (χ4v) is 3.97. The first-order valence-corrected chi connectivity index (χ1v) is 10.5. The zero-order chi connectivity index (χ0) is 24.6. The van der Waals surface area contributed by atoms with Crippen molar-refractivity contribution in [1.82, 2.24) is 19.8 Å². The molecule has 3 aromatic rings. The van der Waals surface area contributed by atoms with Crippen molar-refractivity contribution in [3.63, 3.8) is 0 Å². The molecule has 0 bridgehead atoms. The van der Waals surface area contributed by atoms with Crippen LogP contribution >= 0.6 is 0 Å². The molecular weight excluding hydrogens is 451 g/mol. The second-order valence-corrected chi connectivity index (χ2v) is 8.25. The van der Waals surface area contributed by atoms with Gasteiger partial charge in [-0.3, -0.25) is 9.69 Å². The molecule has 0 unspecified atom stereocenters. The molecule has 0 aliphatic carbocycles. The largest absolute Gasteiger partial charge is 0.493 e. The lowest BCUT2D eigenvalue weighted by molar-refractivity contribution is -0.133. The van der Waals surface area contributed by atoms with Crippen LogP contribution in [0.15, 0.2) is 30.6 Å². The highest BCUT2D eigenvalue weighted by atomic mass is 19.2. The van der Waals surface area contributed by atoms with Crippen LogP contribution in [0.3, 0.4) is 0 Å². The van der Waals surface area contributed by atoms with Crippen molar-refractivity contribution in [2.75, 3.05) is 40.1 Å². The Bertz CT molecular complexity index is 1240. The molecule has 2 aromatic carbocycles. The number of likely N-dealkylation sites (N-methyl/N-ethyl adjacent to an activating group) is 2. The van der Waals surface area contributed by atoms with Gasteiger partial charge in [0.2, 0.25) is 5.91 Å². The normalized spacial score (nSPS) is 18.2. The SMILES string of the molecule is COc1cc2ncnc(Nc3ccc(F)c(F)c3F)c2cc1O[C@H]1C[C@H](C(=O)N(C)C)N(C)C1. The van der Waals surface area contributed by atoms with Gasteiger partial charge in [-0.25, -0.2) is 23.1 Å². The topological polar surface area (TPSA) is 79.8 Å². The molecule has 0 spiro atoms. The van der Waals surface area contributed by atoms with Crippen molar-refractivity contribution in [2.45, 2.75) is 18.6 Å². The molecule has 0 radical (unpaired) electrons. The monoisotopic (exact) mass is 475 g/mol. The molecule has 8 nitrogen and oxygen atoms in total. The number of likely N-dealkylation sites (tertiary alicyclic amines) is 1. The van der Waals surface area contributed by atoms with Gasteiger partial charge in [0.05, 0.1) is 24.4 Å². The number of methoxy groups -OCH3 is 1. The van der Waals surface area contributed by atoms with Crippen molar-refractivity contribution in [3.8, 4) is 11.5 Å². The van der Waals surface area contributed by atoms with Crippen molar-refractivity contribution in [1.29, 1.82) is 0 Å². The molecule has 0 saturated carbocycles. The van der Waals surface area contributed by atoms with Gasteiger partial charge in [-0.1, -0.05) is 0 Å². The fraction of sp³-hybridized carbons (Fsp3) is 0.348. The first kappa shape index (κ1) is 23.6. The van der Waals surface area contributed by atoms with Crippen LogP contribution in [0, 0.1) is 17.5 Å². The number of nitrogens with zero attached hydrogens (tertiary/aromatic N) is 4. The number of ether oxygens (including phenoxy) is 2. The van der Waals surface area contributed by atoms with E-state index < -0.39 is 17.5 Å². The molecule has 1 N–H and O–H groups in total. The first-order valence-electron chi connectivity index (χ1n) is 10.5. The van der Waals surface area contributed by atoms with Crippen molar-refractivity contribution in [2.24, 2.45) is 0 Å². The molecule has 34 heavy (non-hydrogen) atoms. The first-order chi connectivity index (χ1) is 16.2. The Hall–Kier alpha value is -3.60. The van der Waals surface area contributed by atoms with Crippen LogP contribution in [0.25, 0.3) is 10.9 Å². The van der Waals surface area contributed by atoms with Crippen LogP contribution in [-0.4, -0.2) is 72.6 Å². The third-order valence-corrected chi connectivity index (χ3v) is 5.74. The van der Waals surface area contributed by atoms with E-state index in [0.717, 1.165) is 12.1 Å². The van der Waals surface area contributed by atoms with Gasteiger partial charge < -0.3 is 19.7 Å². The predicted octanol–water partition coefficient (Wildman–Crippen LogP) is 3.34. The number of amides is 1. The molecule has 180 valence electrons. The number of aromatic nitrogens is 2. The van der Waals surface area contributed by atoms with E-state index in [0.29, 0.717) is 35.4 Å². The lowest BCUT2D eigenvalue weighted by atomic mass is 10.1. The molecule has 4 rings (SSSR count). The van der Waals surface area contributed by atoms with Crippen LogP contribution in [0.4, 0.5) is 24.7 Å². The molecule has 1 aliphatic rings. The number of carbonyl (C=O) groups is 1. The summed E-state index contributed by atoms with van der Waals surface area (Å²) in [6.07, 6.45) is 1.46. The highest BCUT2D eigenvalue weighted by Crippen LogP contribution is 2.37. The molecule has 1 aliphatic heterocycles. The van der Waals surface area contributed by atoms with Crippen LogP contribution in [-0.2, 0) is 4.79 Å². The summed E-state index contributed by atoms with van der Waals surface area (Å²) in [4.78, 5) is 24.3. The second-order valence-electron chi connectivity index (χ2n) is 8.25. The Morgan fingerprint density at radius 1 is 1.15 bits per heavy atom. The Morgan fingerprint density at radius 3 is 2.62 bits per heavy atom. The molecule has 1 amide bonds. The third kappa shape index (κ3) is 4.43. The van der Waals surface area contributed by atoms with E-state index in [-0.39, 0.29) is 29.6 Å². The summed E-state index contributed by atoms with van der Waals surface area (Å²) in [5, 5.41) is 3.15. The van der Waals surface area contributed by atoms with Gasteiger partial charge in [-0.05, 0) is 25.2 Å². The average Bonchev–Trinajstić information content (AvgIpc) is 3.18. The lowest BCUT2D eigenvalue weighted by Gasteiger charge is -2.21. The van der Waals surface area contributed by atoms with E-state index in [1.807, 2.05) is 11.9 Å². The van der Waals surface area contributed by atoms with E-state index in [4.69, 9.17) is 9.47 Å². The molecular formula is C23H24F3N5O3. The highest BCUT2D eigenvalue weighted by molar-refractivity contribution is 5.93. The van der Waals surface area contributed by atoms with Gasteiger partial charge >= 0.3 is 0 Å². The summed E-state index contributed by atoms with van der Waals surface area (Å²) in [5.41, 5.74) is 0.188. The summed E-state index contributed by atoms with van der Waals surface area (Å²) in [6, 6.07) is 4.88. The summed E-state index contributed by atoms with van der Waals surface area (Å²) in [5.74, 6) is -3.26. The van der Waals surface area contributed by atoms with Crippen LogP contribution in [0.1, 0.15) is 6.42 Å². The minimum Gasteiger partial charge on any atom is -0.493 e. The molecule has 2 atom stereocenters. The maximum atomic E-state index is 14.2. The standard InChI is InChI=1S/C23H24F3N5O3/c1-30(2)23(32)17-7-12(10-31(17)3)34-19-8-13-16(9-18(19)33-4)27-11-28-22(13)29-15-6-5-14(24)20(25)21(15)26/h5-6,8-9,11-12,17H,7,10H2,1-4H3,(H,27,28,29)/t12-,17+/m0/s1. The van der Waals surface area contributed by atoms with Crippen molar-refractivity contribution >= 4 is 28.3 Å². The molecule has 1 aromatic heterocycles. The summed E-state index contributed by atoms with van der Waals surface area (Å²) in [6.45, 7) is 0.530. The third-order valence-electron chi connectivity index (χ3n) is 5.74. The zero-order valence-electron chi connectivity index (χ0n) is 19.1. The van der Waals surface area contributed by atoms with Crippen molar-refractivity contribution in [3.05, 3.63) is 48.0 Å². The summed E-state index contributed by atoms with van der Waals surface area (Å²) < 4.78 is 52.9. The van der Waals surface area contributed by atoms with E-state index >= 15 is 0 Å². The van der Waals surface area contributed by atoms with Gasteiger partial charge in [0.15, 0.2) is 29.0 Å². The fourth-order valence-electron chi connectivity index (χ4n) is 3.97. The highest BCUT2D eigenvalue weighted by Gasteiger charge is 2.37. The zero-order valence-corrected chi connectivity index (χ0v) is 19.1. The predicted molar refractivity (Wildman–Crippen MR) is 120 cm³/mol. The molecule has 11 heteroatoms. The Balaban J connectivity index is 1.66. The van der Waals surface area contributed by atoms with Crippen LogP contribution in [0.2, 0.25) is 0 Å². The Labute approximate surface area is 194 Å². The van der Waals surface area contributed by atoms with E-state index in [2.05, 4.69) is 15.3 Å². The smallest absolute Gasteiger partial charge is 0.239 e. The summed E-state index contributed by atoms with van der Waals surface area (Å²) >= 11 is 0. The molecule has 1 saturated heterocycles. The number of nitrogens with one attached hydrogen (secondary N) is 1. The Kier molecular flexibility index (Phi) is 6.47. The lowest BCUT2D eigenvalue weighted by Crippen LogP contribution is -2.40. The maximum absolute atomic E-state index is 14.2. The number of rotatable bonds is 6. The van der Waals surface area contributed by atoms with Crippen molar-refractivity contribution < 1.29 is 27.4 Å². The second kappa shape index (κ2) is 9.34. The summed E-state index contributed by atoms with van der Waals surface area (Å²) in [7, 11) is 6.77. The van der Waals surface area contributed by atoms with Gasteiger partial charge in [-0.2, -0.15) is 0 Å². The van der Waals surface area contributed by atoms with Gasteiger partial charge in [0.25, 0.3) is 0 Å². The van der Waals surface area contributed by atoms with Gasteiger partial charge in [0.1, 0.15) is 18.2 Å². The van der Waals surface area contributed by atoms with Gasteiger partial charge in [-0.15, -0.1) is 0 Å². The molecule has 1 fully saturated rings. The Morgan fingerprint density at radius 2 is 1.91 bits per heavy atom. The van der Waals surface area contributed by atoms with Crippen LogP contribution < -0.4 is 14.8 Å². The average molecular weight is 475 g/mol. The number of benzene rings is 2. The number of carbonyl (C=O) groups excluding carboxylic acids is 1. The van der Waals surface area contributed by atoms with E-state index in [9.17, 15) is 18.0 Å². The maximum Gasteiger partial charge on any atom is 0.239 e. The minimum atomic E-state index is -1.58. The number of anilines is 2. The minimum absolute atomic E-state index is 0.00693. The van der Waals surface area contributed by atoms with E-state index in [1.165, 1.54) is 13.4 Å².